The van der Waals surface area contributed by atoms with Crippen molar-refractivity contribution in [2.24, 2.45) is 0 Å². The number of aliphatic hydroxyl groups excluding tert-OH is 1. The molecule has 0 aromatic carbocycles. The molecule has 1 N–H and O–H groups in total. The van der Waals surface area contributed by atoms with Gasteiger partial charge in [0.15, 0.2) is 0 Å². The Morgan fingerprint density at radius 2 is 1.68 bits per heavy atom. The minimum Gasteiger partial charge on any atom is -0.492 e. The zero-order chi connectivity index (χ0) is 13.7. The van der Waals surface area contributed by atoms with E-state index in [1.54, 1.807) is 18.2 Å². The molecule has 0 radical (unpaired) electrons. The van der Waals surface area contributed by atoms with Crippen LogP contribution in [0.15, 0.2) is 33.8 Å². The van der Waals surface area contributed by atoms with Crippen molar-refractivity contribution >= 4 is 9.84 Å². The standard InChI is InChI=1S/C14H20O4S/c15-9-5-3-1-2-4-6-10-18-13-11-12-7-8-14(13)19(12,16)17/h7-8,11,15H,1-6,9-10H2. The first-order valence-electron chi connectivity index (χ1n) is 6.79. The highest BCUT2D eigenvalue weighted by molar-refractivity contribution is 8.00. The van der Waals surface area contributed by atoms with Gasteiger partial charge in [0.25, 0.3) is 0 Å². The number of ether oxygens (including phenoxy) is 1. The van der Waals surface area contributed by atoms with Crippen LogP contribution in [0.2, 0.25) is 0 Å². The van der Waals surface area contributed by atoms with Crippen LogP contribution in [-0.2, 0) is 14.6 Å². The number of allylic oxidation sites excluding steroid dienone is 3. The van der Waals surface area contributed by atoms with E-state index in [0.29, 0.717) is 22.2 Å². The van der Waals surface area contributed by atoms with Gasteiger partial charge in [-0.2, -0.15) is 0 Å². The fourth-order valence-corrected chi connectivity index (χ4v) is 3.61. The molecule has 0 aromatic rings. The summed E-state index contributed by atoms with van der Waals surface area (Å²) in [5.74, 6) is 0.498. The van der Waals surface area contributed by atoms with E-state index in [-0.39, 0.29) is 6.61 Å². The Hall–Kier alpha value is -1.07. The molecule has 0 saturated heterocycles. The molecule has 4 nitrogen and oxygen atoms in total. The van der Waals surface area contributed by atoms with E-state index in [0.717, 1.165) is 38.5 Å². The SMILES string of the molecule is O=S1(=O)C2=CC(OCCCCCCCCO)=C1C=C2. The lowest BCUT2D eigenvalue weighted by atomic mass is 10.1. The number of sulfone groups is 1. The van der Waals surface area contributed by atoms with Gasteiger partial charge in [-0.1, -0.05) is 25.7 Å². The van der Waals surface area contributed by atoms with Crippen LogP contribution in [0.25, 0.3) is 0 Å². The highest BCUT2D eigenvalue weighted by atomic mass is 32.2. The van der Waals surface area contributed by atoms with Crippen LogP contribution in [0, 0.1) is 0 Å². The van der Waals surface area contributed by atoms with E-state index < -0.39 is 9.84 Å². The summed E-state index contributed by atoms with van der Waals surface area (Å²) in [6.45, 7) is 0.836. The first-order chi connectivity index (χ1) is 9.16. The zero-order valence-corrected chi connectivity index (χ0v) is 11.8. The van der Waals surface area contributed by atoms with Gasteiger partial charge in [0.05, 0.1) is 11.5 Å². The molecular weight excluding hydrogens is 264 g/mol. The smallest absolute Gasteiger partial charge is 0.210 e. The first-order valence-corrected chi connectivity index (χ1v) is 8.27. The fraction of sp³-hybridized carbons (Fsp3) is 0.571. The molecule has 0 unspecified atom stereocenters. The molecule has 5 heteroatoms. The Morgan fingerprint density at radius 1 is 1.00 bits per heavy atom. The van der Waals surface area contributed by atoms with Gasteiger partial charge in [-0.3, -0.25) is 0 Å². The van der Waals surface area contributed by atoms with Crippen LogP contribution in [0.1, 0.15) is 38.5 Å². The van der Waals surface area contributed by atoms with Crippen molar-refractivity contribution in [3.05, 3.63) is 33.8 Å². The summed E-state index contributed by atoms with van der Waals surface area (Å²) in [6, 6.07) is 0. The van der Waals surface area contributed by atoms with Crippen molar-refractivity contribution < 1.29 is 18.3 Å². The molecule has 2 aliphatic heterocycles. The predicted molar refractivity (Wildman–Crippen MR) is 73.9 cm³/mol. The third-order valence-electron chi connectivity index (χ3n) is 3.33. The Bertz CT molecular complexity index is 512. The van der Waals surface area contributed by atoms with Crippen LogP contribution in [-0.4, -0.2) is 26.7 Å². The number of aliphatic hydroxyl groups is 1. The molecule has 0 spiro atoms. The Morgan fingerprint density at radius 3 is 2.26 bits per heavy atom. The van der Waals surface area contributed by atoms with Gasteiger partial charge in [0.2, 0.25) is 9.84 Å². The Kier molecular flexibility index (Phi) is 4.82. The molecule has 0 aliphatic carbocycles. The summed E-state index contributed by atoms with van der Waals surface area (Å²) in [4.78, 5) is 0.659. The van der Waals surface area contributed by atoms with E-state index >= 15 is 0 Å². The molecule has 2 heterocycles. The Balaban J connectivity index is 1.63. The maximum absolute atomic E-state index is 11.7. The fourth-order valence-electron chi connectivity index (χ4n) is 2.22. The lowest BCUT2D eigenvalue weighted by Gasteiger charge is -2.06. The zero-order valence-electron chi connectivity index (χ0n) is 11.0. The highest BCUT2D eigenvalue weighted by Gasteiger charge is 2.34. The van der Waals surface area contributed by atoms with Crippen LogP contribution in [0.5, 0.6) is 0 Å². The first kappa shape index (κ1) is 14.3. The minimum atomic E-state index is -3.22. The maximum Gasteiger partial charge on any atom is 0.210 e. The number of hydrogen-bond donors (Lipinski definition) is 1. The average molecular weight is 284 g/mol. The van der Waals surface area contributed by atoms with Crippen molar-refractivity contribution in [3.63, 3.8) is 0 Å². The van der Waals surface area contributed by atoms with Crippen molar-refractivity contribution in [3.8, 4) is 0 Å². The second-order valence-electron chi connectivity index (χ2n) is 4.81. The third kappa shape index (κ3) is 3.28. The molecule has 2 rings (SSSR count). The molecule has 0 saturated carbocycles. The molecule has 19 heavy (non-hydrogen) atoms. The molecule has 0 amide bonds. The topological polar surface area (TPSA) is 63.6 Å². The van der Waals surface area contributed by atoms with Crippen molar-refractivity contribution in [1.82, 2.24) is 0 Å². The van der Waals surface area contributed by atoms with E-state index in [1.165, 1.54) is 0 Å². The summed E-state index contributed by atoms with van der Waals surface area (Å²) in [6.07, 6.45) is 11.0. The summed E-state index contributed by atoms with van der Waals surface area (Å²) in [7, 11) is -3.22. The lowest BCUT2D eigenvalue weighted by Crippen LogP contribution is -1.97. The molecule has 2 aliphatic rings. The Labute approximate surface area is 114 Å². The van der Waals surface area contributed by atoms with Gasteiger partial charge in [-0.15, -0.1) is 0 Å². The molecule has 2 bridgehead atoms. The molecule has 0 atom stereocenters. The van der Waals surface area contributed by atoms with Crippen LogP contribution < -0.4 is 0 Å². The van der Waals surface area contributed by atoms with Gasteiger partial charge in [-0.25, -0.2) is 8.42 Å². The van der Waals surface area contributed by atoms with E-state index in [2.05, 4.69) is 0 Å². The van der Waals surface area contributed by atoms with Gasteiger partial charge < -0.3 is 9.84 Å². The minimum absolute atomic E-state index is 0.275. The van der Waals surface area contributed by atoms with Crippen LogP contribution >= 0.6 is 0 Å². The van der Waals surface area contributed by atoms with Crippen molar-refractivity contribution in [2.45, 2.75) is 38.5 Å². The summed E-state index contributed by atoms with van der Waals surface area (Å²) >= 11 is 0. The predicted octanol–water partition coefficient (Wildman–Crippen LogP) is 2.43. The molecule has 0 fully saturated rings. The van der Waals surface area contributed by atoms with Crippen LogP contribution in [0.3, 0.4) is 0 Å². The molecular formula is C14H20O4S. The van der Waals surface area contributed by atoms with Gasteiger partial charge in [0.1, 0.15) is 10.7 Å². The van der Waals surface area contributed by atoms with E-state index in [4.69, 9.17) is 9.84 Å². The number of rotatable bonds is 9. The van der Waals surface area contributed by atoms with Crippen LogP contribution in [0.4, 0.5) is 0 Å². The third-order valence-corrected chi connectivity index (χ3v) is 5.12. The largest absolute Gasteiger partial charge is 0.492 e. The quantitative estimate of drug-likeness (QED) is 0.660. The van der Waals surface area contributed by atoms with E-state index in [1.807, 2.05) is 0 Å². The second kappa shape index (κ2) is 6.39. The molecule has 106 valence electrons. The number of unbranched alkanes of at least 4 members (excludes halogenated alkanes) is 5. The van der Waals surface area contributed by atoms with Gasteiger partial charge in [0, 0.05) is 12.7 Å². The summed E-state index contributed by atoms with van der Waals surface area (Å²) in [5.41, 5.74) is 0. The average Bonchev–Trinajstić information content (AvgIpc) is 2.81. The number of hydrogen-bond acceptors (Lipinski definition) is 4. The van der Waals surface area contributed by atoms with Gasteiger partial charge >= 0.3 is 0 Å². The van der Waals surface area contributed by atoms with Gasteiger partial charge in [-0.05, 0) is 25.0 Å². The highest BCUT2D eigenvalue weighted by Crippen LogP contribution is 2.37. The summed E-state index contributed by atoms with van der Waals surface area (Å²) < 4.78 is 29.0. The summed E-state index contributed by atoms with van der Waals surface area (Å²) in [5, 5.41) is 8.64. The molecule has 0 aromatic heterocycles. The normalized spacial score (nSPS) is 19.1. The van der Waals surface area contributed by atoms with E-state index in [9.17, 15) is 8.42 Å². The second-order valence-corrected chi connectivity index (χ2v) is 6.72. The maximum atomic E-state index is 11.7. The van der Waals surface area contributed by atoms with Crippen molar-refractivity contribution in [1.29, 1.82) is 0 Å². The number of fused-ring (bicyclic) bond motifs is 2. The van der Waals surface area contributed by atoms with Crippen molar-refractivity contribution in [2.75, 3.05) is 13.2 Å². The lowest BCUT2D eigenvalue weighted by molar-refractivity contribution is 0.216. The monoisotopic (exact) mass is 284 g/mol.